The average Bonchev–Trinajstić information content (AvgIpc) is 3.27. The molecular weight excluding hydrogens is 348 g/mol. The van der Waals surface area contributed by atoms with E-state index in [4.69, 9.17) is 4.52 Å². The van der Waals surface area contributed by atoms with E-state index in [0.29, 0.717) is 18.1 Å². The zero-order chi connectivity index (χ0) is 17.9. The van der Waals surface area contributed by atoms with E-state index in [-0.39, 0.29) is 12.1 Å². The highest BCUT2D eigenvalue weighted by atomic mass is 32.1. The minimum atomic E-state index is -0.198. The Kier molecular flexibility index (Phi) is 4.45. The molecule has 130 valence electrons. The number of rotatable bonds is 5. The van der Waals surface area contributed by atoms with Crippen LogP contribution in [0.15, 0.2) is 63.9 Å². The fourth-order valence-corrected chi connectivity index (χ4v) is 3.43. The SMILES string of the molecule is Cc1ccc(-c2ccc(=O)n(Cc3noc(Cc4ccccc4)n3)n2)s1. The third-order valence-corrected chi connectivity index (χ3v) is 4.88. The Bertz CT molecular complexity index is 1080. The van der Waals surface area contributed by atoms with Crippen LogP contribution in [0.2, 0.25) is 0 Å². The predicted octanol–water partition coefficient (Wildman–Crippen LogP) is 3.30. The van der Waals surface area contributed by atoms with Crippen molar-refractivity contribution in [2.24, 2.45) is 0 Å². The van der Waals surface area contributed by atoms with Gasteiger partial charge in [0.15, 0.2) is 5.82 Å². The molecule has 0 amide bonds. The molecule has 0 fully saturated rings. The van der Waals surface area contributed by atoms with Crippen LogP contribution in [0.4, 0.5) is 0 Å². The van der Waals surface area contributed by atoms with Gasteiger partial charge in [0, 0.05) is 10.9 Å². The summed E-state index contributed by atoms with van der Waals surface area (Å²) in [5, 5.41) is 8.41. The molecule has 4 rings (SSSR count). The molecule has 0 saturated heterocycles. The Balaban J connectivity index is 1.55. The first kappa shape index (κ1) is 16.4. The number of nitrogens with zero attached hydrogens (tertiary/aromatic N) is 4. The van der Waals surface area contributed by atoms with E-state index in [1.807, 2.05) is 49.4 Å². The highest BCUT2D eigenvalue weighted by Crippen LogP contribution is 2.25. The summed E-state index contributed by atoms with van der Waals surface area (Å²) in [6.45, 7) is 2.22. The van der Waals surface area contributed by atoms with Crippen LogP contribution in [0.1, 0.15) is 22.2 Å². The maximum Gasteiger partial charge on any atom is 0.267 e. The van der Waals surface area contributed by atoms with Gasteiger partial charge in [-0.25, -0.2) is 4.68 Å². The Hall–Kier alpha value is -3.06. The van der Waals surface area contributed by atoms with Crippen molar-refractivity contribution >= 4 is 11.3 Å². The molecule has 0 unspecified atom stereocenters. The van der Waals surface area contributed by atoms with Gasteiger partial charge >= 0.3 is 0 Å². The van der Waals surface area contributed by atoms with E-state index in [1.54, 1.807) is 17.4 Å². The lowest BCUT2D eigenvalue weighted by Crippen LogP contribution is -2.23. The highest BCUT2D eigenvalue weighted by molar-refractivity contribution is 7.15. The van der Waals surface area contributed by atoms with Gasteiger partial charge < -0.3 is 4.52 Å². The van der Waals surface area contributed by atoms with Gasteiger partial charge in [0.2, 0.25) is 5.89 Å². The number of benzene rings is 1. The van der Waals surface area contributed by atoms with Gasteiger partial charge in [-0.1, -0.05) is 35.5 Å². The number of thiophene rings is 1. The van der Waals surface area contributed by atoms with Gasteiger partial charge in [-0.3, -0.25) is 4.79 Å². The summed E-state index contributed by atoms with van der Waals surface area (Å²) >= 11 is 1.64. The number of hydrogen-bond acceptors (Lipinski definition) is 6. The zero-order valence-electron chi connectivity index (χ0n) is 14.1. The summed E-state index contributed by atoms with van der Waals surface area (Å²) in [6, 6.07) is 17.2. The fourth-order valence-electron chi connectivity index (χ4n) is 2.60. The van der Waals surface area contributed by atoms with Crippen LogP contribution < -0.4 is 5.56 Å². The standard InChI is InChI=1S/C19H16N4O2S/c1-13-7-9-16(26-13)15-8-10-19(24)23(21-15)12-17-20-18(25-22-17)11-14-5-3-2-4-6-14/h2-10H,11-12H2,1H3. The molecule has 3 heterocycles. The highest BCUT2D eigenvalue weighted by Gasteiger charge is 2.11. The van der Waals surface area contributed by atoms with Crippen LogP contribution >= 0.6 is 11.3 Å². The molecule has 0 atom stereocenters. The van der Waals surface area contributed by atoms with Crippen molar-refractivity contribution in [2.45, 2.75) is 19.9 Å². The van der Waals surface area contributed by atoms with E-state index in [0.717, 1.165) is 16.1 Å². The van der Waals surface area contributed by atoms with Crippen molar-refractivity contribution in [3.05, 3.63) is 87.1 Å². The maximum atomic E-state index is 12.1. The van der Waals surface area contributed by atoms with E-state index in [2.05, 4.69) is 15.2 Å². The van der Waals surface area contributed by atoms with Gasteiger partial charge in [-0.2, -0.15) is 10.1 Å². The van der Waals surface area contributed by atoms with Crippen LogP contribution in [0, 0.1) is 6.92 Å². The molecule has 26 heavy (non-hydrogen) atoms. The Labute approximate surface area is 153 Å². The molecule has 0 aliphatic heterocycles. The molecule has 3 aromatic heterocycles. The Morgan fingerprint density at radius 2 is 1.92 bits per heavy atom. The lowest BCUT2D eigenvalue weighted by Gasteiger charge is -2.03. The molecule has 0 N–H and O–H groups in total. The summed E-state index contributed by atoms with van der Waals surface area (Å²) in [5.74, 6) is 0.953. The summed E-state index contributed by atoms with van der Waals surface area (Å²) in [5.41, 5.74) is 1.65. The van der Waals surface area contributed by atoms with Crippen molar-refractivity contribution in [1.82, 2.24) is 19.9 Å². The van der Waals surface area contributed by atoms with Crippen LogP contribution in [-0.4, -0.2) is 19.9 Å². The van der Waals surface area contributed by atoms with Gasteiger partial charge in [-0.05, 0) is 30.7 Å². The summed E-state index contributed by atoms with van der Waals surface area (Å²) in [7, 11) is 0. The number of aromatic nitrogens is 4. The zero-order valence-corrected chi connectivity index (χ0v) is 14.9. The molecule has 7 heteroatoms. The largest absolute Gasteiger partial charge is 0.339 e. The quantitative estimate of drug-likeness (QED) is 0.543. The van der Waals surface area contributed by atoms with E-state index < -0.39 is 0 Å². The Morgan fingerprint density at radius 3 is 2.69 bits per heavy atom. The molecule has 6 nitrogen and oxygen atoms in total. The topological polar surface area (TPSA) is 73.8 Å². The average molecular weight is 364 g/mol. The van der Waals surface area contributed by atoms with Gasteiger partial charge in [0.25, 0.3) is 5.56 Å². The second kappa shape index (κ2) is 7.05. The van der Waals surface area contributed by atoms with Crippen LogP contribution in [0.5, 0.6) is 0 Å². The molecule has 0 radical (unpaired) electrons. The molecule has 0 spiro atoms. The molecule has 0 aliphatic rings. The van der Waals surface area contributed by atoms with E-state index >= 15 is 0 Å². The molecule has 4 aromatic rings. The second-order valence-corrected chi connectivity index (χ2v) is 7.18. The molecule has 0 bridgehead atoms. The van der Waals surface area contributed by atoms with E-state index in [1.165, 1.54) is 15.6 Å². The fraction of sp³-hybridized carbons (Fsp3) is 0.158. The van der Waals surface area contributed by atoms with Crippen molar-refractivity contribution in [1.29, 1.82) is 0 Å². The minimum absolute atomic E-state index is 0.176. The van der Waals surface area contributed by atoms with E-state index in [9.17, 15) is 4.79 Å². The lowest BCUT2D eigenvalue weighted by molar-refractivity contribution is 0.377. The first-order valence-electron chi connectivity index (χ1n) is 8.18. The van der Waals surface area contributed by atoms with Crippen LogP contribution in [0.25, 0.3) is 10.6 Å². The molecule has 0 aliphatic carbocycles. The van der Waals surface area contributed by atoms with Crippen molar-refractivity contribution in [3.63, 3.8) is 0 Å². The molecular formula is C19H16N4O2S. The lowest BCUT2D eigenvalue weighted by atomic mass is 10.1. The third-order valence-electron chi connectivity index (χ3n) is 3.86. The third kappa shape index (κ3) is 3.62. The molecule has 0 saturated carbocycles. The number of hydrogen-bond donors (Lipinski definition) is 0. The summed E-state index contributed by atoms with van der Waals surface area (Å²) in [4.78, 5) is 18.7. The Morgan fingerprint density at radius 1 is 1.08 bits per heavy atom. The second-order valence-electron chi connectivity index (χ2n) is 5.89. The number of aryl methyl sites for hydroxylation is 1. The van der Waals surface area contributed by atoms with Crippen LogP contribution in [-0.2, 0) is 13.0 Å². The maximum absolute atomic E-state index is 12.1. The van der Waals surface area contributed by atoms with Crippen molar-refractivity contribution < 1.29 is 4.52 Å². The first-order valence-corrected chi connectivity index (χ1v) is 8.99. The van der Waals surface area contributed by atoms with Gasteiger partial charge in [-0.15, -0.1) is 11.3 Å². The predicted molar refractivity (Wildman–Crippen MR) is 99.2 cm³/mol. The molecule has 1 aromatic carbocycles. The summed E-state index contributed by atoms with van der Waals surface area (Å²) < 4.78 is 6.66. The monoisotopic (exact) mass is 364 g/mol. The minimum Gasteiger partial charge on any atom is -0.339 e. The van der Waals surface area contributed by atoms with Crippen molar-refractivity contribution in [3.8, 4) is 10.6 Å². The smallest absolute Gasteiger partial charge is 0.267 e. The van der Waals surface area contributed by atoms with Crippen molar-refractivity contribution in [2.75, 3.05) is 0 Å². The van der Waals surface area contributed by atoms with Gasteiger partial charge in [0.1, 0.15) is 12.2 Å². The van der Waals surface area contributed by atoms with Crippen LogP contribution in [0.3, 0.4) is 0 Å². The summed E-state index contributed by atoms with van der Waals surface area (Å²) in [6.07, 6.45) is 0.560. The van der Waals surface area contributed by atoms with Gasteiger partial charge in [0.05, 0.1) is 11.3 Å². The first-order chi connectivity index (χ1) is 12.7. The normalized spacial score (nSPS) is 11.0.